The largest absolute Gasteiger partial charge is 0.394 e. The van der Waals surface area contributed by atoms with Crippen LogP contribution < -0.4 is 0 Å². The van der Waals surface area contributed by atoms with Crippen LogP contribution in [0.1, 0.15) is 16.9 Å². The van der Waals surface area contributed by atoms with Gasteiger partial charge in [-0.1, -0.05) is 17.7 Å². The number of amides is 1. The van der Waals surface area contributed by atoms with Gasteiger partial charge in [0.2, 0.25) is 0 Å². The highest BCUT2D eigenvalue weighted by molar-refractivity contribution is 6.31. The van der Waals surface area contributed by atoms with Gasteiger partial charge in [0, 0.05) is 22.5 Å². The fourth-order valence-corrected chi connectivity index (χ4v) is 2.86. The Morgan fingerprint density at radius 1 is 1.45 bits per heavy atom. The molecule has 0 aliphatic carbocycles. The molecule has 1 amide bonds. The second-order valence-corrected chi connectivity index (χ2v) is 5.53. The summed E-state index contributed by atoms with van der Waals surface area (Å²) in [5.74, 6) is -0.215. The number of aliphatic hydroxyl groups excluding tert-OH is 2. The van der Waals surface area contributed by atoms with E-state index in [0.29, 0.717) is 17.1 Å². The maximum atomic E-state index is 12.5. The third-order valence-corrected chi connectivity index (χ3v) is 3.91. The smallest absolute Gasteiger partial charge is 0.270 e. The Kier molecular flexibility index (Phi) is 3.41. The van der Waals surface area contributed by atoms with Crippen LogP contribution in [0.4, 0.5) is 0 Å². The third kappa shape index (κ3) is 2.28. The molecule has 106 valence electrons. The van der Waals surface area contributed by atoms with Crippen molar-refractivity contribution in [2.45, 2.75) is 18.6 Å². The van der Waals surface area contributed by atoms with Gasteiger partial charge in [-0.3, -0.25) is 4.79 Å². The number of H-pyrrole nitrogens is 1. The molecule has 2 atom stereocenters. The van der Waals surface area contributed by atoms with E-state index in [2.05, 4.69) is 4.98 Å². The molecule has 1 fully saturated rings. The fraction of sp³-hybridized carbons (Fsp3) is 0.357. The summed E-state index contributed by atoms with van der Waals surface area (Å²) in [6.07, 6.45) is -0.163. The summed E-state index contributed by atoms with van der Waals surface area (Å²) in [4.78, 5) is 17.0. The monoisotopic (exact) mass is 294 g/mol. The predicted octanol–water partition coefficient (Wildman–Crippen LogP) is 1.39. The van der Waals surface area contributed by atoms with Crippen LogP contribution in [0.25, 0.3) is 10.9 Å². The van der Waals surface area contributed by atoms with Gasteiger partial charge in [-0.05, 0) is 24.6 Å². The Morgan fingerprint density at radius 2 is 2.25 bits per heavy atom. The molecule has 2 heterocycles. The number of carbonyl (C=O) groups is 1. The number of nitrogens with zero attached hydrogens (tertiary/aromatic N) is 1. The van der Waals surface area contributed by atoms with Gasteiger partial charge in [-0.2, -0.15) is 0 Å². The van der Waals surface area contributed by atoms with Gasteiger partial charge < -0.3 is 20.1 Å². The average Bonchev–Trinajstić information content (AvgIpc) is 3.00. The summed E-state index contributed by atoms with van der Waals surface area (Å²) in [7, 11) is 0. The van der Waals surface area contributed by atoms with Crippen LogP contribution in [0.15, 0.2) is 24.3 Å². The first-order valence-corrected chi connectivity index (χ1v) is 6.84. The van der Waals surface area contributed by atoms with Gasteiger partial charge in [0.05, 0.1) is 18.8 Å². The van der Waals surface area contributed by atoms with Crippen LogP contribution in [0.5, 0.6) is 0 Å². The number of hydrogen-bond donors (Lipinski definition) is 3. The maximum absolute atomic E-state index is 12.5. The number of aliphatic hydroxyl groups is 2. The molecular weight excluding hydrogens is 280 g/mol. The minimum absolute atomic E-state index is 0.144. The van der Waals surface area contributed by atoms with Gasteiger partial charge in [-0.25, -0.2) is 0 Å². The predicted molar refractivity (Wildman–Crippen MR) is 75.8 cm³/mol. The molecular formula is C14H15ClN2O3. The maximum Gasteiger partial charge on any atom is 0.270 e. The van der Waals surface area contributed by atoms with Crippen molar-refractivity contribution in [2.24, 2.45) is 0 Å². The number of likely N-dealkylation sites (tertiary alicyclic amines) is 1. The Labute approximate surface area is 120 Å². The average molecular weight is 295 g/mol. The van der Waals surface area contributed by atoms with E-state index in [-0.39, 0.29) is 25.1 Å². The summed E-state index contributed by atoms with van der Waals surface area (Å²) < 4.78 is 0. The lowest BCUT2D eigenvalue weighted by Crippen LogP contribution is -2.38. The molecule has 5 nitrogen and oxygen atoms in total. The molecule has 1 aliphatic rings. The molecule has 1 aromatic heterocycles. The molecule has 1 aromatic carbocycles. The molecule has 20 heavy (non-hydrogen) atoms. The first-order valence-electron chi connectivity index (χ1n) is 6.46. The van der Waals surface area contributed by atoms with Crippen LogP contribution >= 0.6 is 11.6 Å². The summed E-state index contributed by atoms with van der Waals surface area (Å²) in [5, 5.41) is 20.4. The SMILES string of the molecule is O=C(c1cc2ccc(Cl)cc2[nH]1)N1C[C@H](O)C[C@H]1CO. The van der Waals surface area contributed by atoms with Crippen LogP contribution in [0, 0.1) is 0 Å². The number of fused-ring (bicyclic) bond motifs is 1. The van der Waals surface area contributed by atoms with Gasteiger partial charge >= 0.3 is 0 Å². The highest BCUT2D eigenvalue weighted by Gasteiger charge is 2.34. The van der Waals surface area contributed by atoms with Crippen molar-refractivity contribution in [1.82, 2.24) is 9.88 Å². The quantitative estimate of drug-likeness (QED) is 0.783. The van der Waals surface area contributed by atoms with E-state index in [1.165, 1.54) is 4.90 Å². The summed E-state index contributed by atoms with van der Waals surface area (Å²) in [5.41, 5.74) is 1.23. The zero-order valence-corrected chi connectivity index (χ0v) is 11.5. The van der Waals surface area contributed by atoms with Crippen molar-refractivity contribution in [3.05, 3.63) is 35.0 Å². The first kappa shape index (κ1) is 13.4. The van der Waals surface area contributed by atoms with Gasteiger partial charge in [0.1, 0.15) is 5.69 Å². The summed E-state index contributed by atoms with van der Waals surface area (Å²) >= 11 is 5.92. The fourth-order valence-electron chi connectivity index (χ4n) is 2.68. The molecule has 0 unspecified atom stereocenters. The van der Waals surface area contributed by atoms with E-state index in [1.807, 2.05) is 6.07 Å². The van der Waals surface area contributed by atoms with Crippen molar-refractivity contribution in [2.75, 3.05) is 13.2 Å². The summed E-state index contributed by atoms with van der Waals surface area (Å²) in [6.45, 7) is 0.106. The van der Waals surface area contributed by atoms with Gasteiger partial charge in [0.25, 0.3) is 5.91 Å². The first-order chi connectivity index (χ1) is 9.58. The van der Waals surface area contributed by atoms with E-state index in [1.54, 1.807) is 18.2 Å². The molecule has 2 aromatic rings. The number of nitrogens with one attached hydrogen (secondary N) is 1. The lowest BCUT2D eigenvalue weighted by Gasteiger charge is -2.21. The van der Waals surface area contributed by atoms with Crippen molar-refractivity contribution < 1.29 is 15.0 Å². The molecule has 0 spiro atoms. The highest BCUT2D eigenvalue weighted by atomic mass is 35.5. The number of carbonyl (C=O) groups excluding carboxylic acids is 1. The highest BCUT2D eigenvalue weighted by Crippen LogP contribution is 2.24. The standard InChI is InChI=1S/C14H15ClN2O3/c15-9-2-1-8-3-13(16-12(8)4-9)14(20)17-6-11(19)5-10(17)7-18/h1-4,10-11,16,18-19H,5-7H2/t10-,11+/m0/s1. The molecule has 1 aliphatic heterocycles. The second kappa shape index (κ2) is 5.09. The third-order valence-electron chi connectivity index (χ3n) is 3.68. The topological polar surface area (TPSA) is 76.6 Å². The van der Waals surface area contributed by atoms with Crippen LogP contribution in [-0.4, -0.2) is 51.3 Å². The van der Waals surface area contributed by atoms with Crippen molar-refractivity contribution in [3.8, 4) is 0 Å². The Morgan fingerprint density at radius 3 is 3.00 bits per heavy atom. The molecule has 0 bridgehead atoms. The summed E-state index contributed by atoms with van der Waals surface area (Å²) in [6, 6.07) is 6.80. The Balaban J connectivity index is 1.92. The van der Waals surface area contributed by atoms with Crippen LogP contribution in [0.2, 0.25) is 5.02 Å². The normalized spacial score (nSPS) is 22.6. The molecule has 0 radical (unpaired) electrons. The van der Waals surface area contributed by atoms with Crippen molar-refractivity contribution in [3.63, 3.8) is 0 Å². The molecule has 1 saturated heterocycles. The van der Waals surface area contributed by atoms with E-state index in [0.717, 1.165) is 10.9 Å². The van der Waals surface area contributed by atoms with Gasteiger partial charge in [-0.15, -0.1) is 0 Å². The number of aromatic amines is 1. The zero-order valence-electron chi connectivity index (χ0n) is 10.7. The molecule has 3 N–H and O–H groups in total. The lowest BCUT2D eigenvalue weighted by atomic mass is 10.2. The number of hydrogen-bond acceptors (Lipinski definition) is 3. The second-order valence-electron chi connectivity index (χ2n) is 5.10. The Hall–Kier alpha value is -1.56. The van der Waals surface area contributed by atoms with Crippen LogP contribution in [-0.2, 0) is 0 Å². The van der Waals surface area contributed by atoms with Crippen LogP contribution in [0.3, 0.4) is 0 Å². The minimum atomic E-state index is -0.574. The number of benzene rings is 1. The zero-order chi connectivity index (χ0) is 14.3. The van der Waals surface area contributed by atoms with Gasteiger partial charge in [0.15, 0.2) is 0 Å². The number of β-amino-alcohol motifs (C(OH)–C–C–N with tert-alkyl or cyclic N) is 1. The molecule has 3 rings (SSSR count). The lowest BCUT2D eigenvalue weighted by molar-refractivity contribution is 0.0660. The van der Waals surface area contributed by atoms with E-state index in [4.69, 9.17) is 11.6 Å². The molecule has 6 heteroatoms. The minimum Gasteiger partial charge on any atom is -0.394 e. The number of halogens is 1. The van der Waals surface area contributed by atoms with E-state index >= 15 is 0 Å². The van der Waals surface area contributed by atoms with Crippen molar-refractivity contribution in [1.29, 1.82) is 0 Å². The number of rotatable bonds is 2. The van der Waals surface area contributed by atoms with E-state index < -0.39 is 6.10 Å². The van der Waals surface area contributed by atoms with Crippen molar-refractivity contribution >= 4 is 28.4 Å². The van der Waals surface area contributed by atoms with E-state index in [9.17, 15) is 15.0 Å². The number of aromatic nitrogens is 1. The Bertz CT molecular complexity index is 655. The molecule has 0 saturated carbocycles.